The van der Waals surface area contributed by atoms with Crippen molar-refractivity contribution in [1.82, 2.24) is 4.90 Å². The van der Waals surface area contributed by atoms with Crippen LogP contribution in [0, 0.1) is 0 Å². The molecule has 0 aliphatic carbocycles. The van der Waals surface area contributed by atoms with Gasteiger partial charge in [0.15, 0.2) is 0 Å². The zero-order valence-corrected chi connectivity index (χ0v) is 12.3. The molecule has 0 aliphatic rings. The fourth-order valence-corrected chi connectivity index (χ4v) is 2.95. The molecule has 3 rings (SSSR count). The van der Waals surface area contributed by atoms with Gasteiger partial charge in [-0.25, -0.2) is 0 Å². The molecule has 0 heterocycles. The van der Waals surface area contributed by atoms with E-state index in [1.165, 1.54) is 33.5 Å². The molecule has 3 aromatic carbocycles. The highest BCUT2D eigenvalue weighted by molar-refractivity contribution is 6.02. The van der Waals surface area contributed by atoms with E-state index in [9.17, 15) is 0 Å². The van der Waals surface area contributed by atoms with E-state index in [0.717, 1.165) is 13.0 Å². The third kappa shape index (κ3) is 2.54. The van der Waals surface area contributed by atoms with Gasteiger partial charge in [-0.05, 0) is 66.7 Å². The molecule has 0 unspecified atom stereocenters. The van der Waals surface area contributed by atoms with E-state index in [1.54, 1.807) is 0 Å². The summed E-state index contributed by atoms with van der Waals surface area (Å²) in [4.78, 5) is 2.26. The number of nitrogens with zero attached hydrogens (tertiary/aromatic N) is 1. The van der Waals surface area contributed by atoms with Gasteiger partial charge in [0.05, 0.1) is 0 Å². The van der Waals surface area contributed by atoms with Crippen LogP contribution >= 0.6 is 0 Å². The van der Waals surface area contributed by atoms with Crippen LogP contribution in [0.4, 0.5) is 0 Å². The second-order valence-corrected chi connectivity index (χ2v) is 5.70. The first-order valence-electron chi connectivity index (χ1n) is 7.30. The average molecular weight is 263 g/mol. The molecule has 0 aromatic heterocycles. The van der Waals surface area contributed by atoms with Crippen LogP contribution in [0.2, 0.25) is 0 Å². The Morgan fingerprint density at radius 1 is 0.800 bits per heavy atom. The van der Waals surface area contributed by atoms with Crippen LogP contribution in [0.15, 0.2) is 54.6 Å². The highest BCUT2D eigenvalue weighted by atomic mass is 15.0. The van der Waals surface area contributed by atoms with E-state index >= 15 is 0 Å². The third-order valence-electron chi connectivity index (χ3n) is 3.91. The fourth-order valence-electron chi connectivity index (χ4n) is 2.95. The SMILES string of the molecule is CN(C)CCCc1c2ccccc2cc2ccccc12. The summed E-state index contributed by atoms with van der Waals surface area (Å²) in [7, 11) is 4.28. The minimum Gasteiger partial charge on any atom is -0.309 e. The van der Waals surface area contributed by atoms with Crippen LogP contribution in [-0.4, -0.2) is 25.5 Å². The van der Waals surface area contributed by atoms with Crippen LogP contribution in [0.3, 0.4) is 0 Å². The van der Waals surface area contributed by atoms with E-state index < -0.39 is 0 Å². The van der Waals surface area contributed by atoms with Crippen molar-refractivity contribution in [3.05, 3.63) is 60.2 Å². The second-order valence-electron chi connectivity index (χ2n) is 5.70. The molecule has 0 bridgehead atoms. The van der Waals surface area contributed by atoms with Crippen LogP contribution in [-0.2, 0) is 6.42 Å². The lowest BCUT2D eigenvalue weighted by Crippen LogP contribution is -2.13. The maximum absolute atomic E-state index is 2.31. The van der Waals surface area contributed by atoms with Crippen LogP contribution in [0.1, 0.15) is 12.0 Å². The molecule has 0 N–H and O–H groups in total. The molecule has 102 valence electrons. The number of aryl methyl sites for hydroxylation is 1. The van der Waals surface area contributed by atoms with Crippen molar-refractivity contribution in [1.29, 1.82) is 0 Å². The summed E-state index contributed by atoms with van der Waals surface area (Å²) >= 11 is 0. The number of rotatable bonds is 4. The largest absolute Gasteiger partial charge is 0.309 e. The molecule has 0 radical (unpaired) electrons. The molecule has 0 amide bonds. The molecule has 1 heteroatoms. The van der Waals surface area contributed by atoms with Crippen molar-refractivity contribution in [2.24, 2.45) is 0 Å². The Morgan fingerprint density at radius 3 is 1.90 bits per heavy atom. The molecule has 20 heavy (non-hydrogen) atoms. The molecule has 3 aromatic rings. The molecule has 0 fully saturated rings. The topological polar surface area (TPSA) is 3.24 Å². The maximum atomic E-state index is 2.31. The Labute approximate surface area is 120 Å². The van der Waals surface area contributed by atoms with Crippen molar-refractivity contribution in [3.8, 4) is 0 Å². The Bertz CT molecular complexity index is 674. The van der Waals surface area contributed by atoms with E-state index in [0.29, 0.717) is 0 Å². The second kappa shape index (κ2) is 5.64. The highest BCUT2D eigenvalue weighted by Gasteiger charge is 2.07. The molecule has 0 atom stereocenters. The molecular weight excluding hydrogens is 242 g/mol. The predicted octanol–water partition coefficient (Wildman–Crippen LogP) is 4.49. The number of hydrogen-bond acceptors (Lipinski definition) is 1. The van der Waals surface area contributed by atoms with Gasteiger partial charge in [0.1, 0.15) is 0 Å². The van der Waals surface area contributed by atoms with Gasteiger partial charge in [-0.1, -0.05) is 48.5 Å². The Balaban J connectivity index is 2.12. The normalized spacial score (nSPS) is 11.6. The van der Waals surface area contributed by atoms with Crippen molar-refractivity contribution in [2.45, 2.75) is 12.8 Å². The summed E-state index contributed by atoms with van der Waals surface area (Å²) in [5.41, 5.74) is 1.50. The monoisotopic (exact) mass is 263 g/mol. The highest BCUT2D eigenvalue weighted by Crippen LogP contribution is 2.29. The minimum absolute atomic E-state index is 1.14. The first kappa shape index (κ1) is 13.1. The van der Waals surface area contributed by atoms with E-state index in [4.69, 9.17) is 0 Å². The quantitative estimate of drug-likeness (QED) is 0.627. The summed E-state index contributed by atoms with van der Waals surface area (Å²) in [5.74, 6) is 0. The van der Waals surface area contributed by atoms with Crippen LogP contribution in [0.5, 0.6) is 0 Å². The van der Waals surface area contributed by atoms with Gasteiger partial charge < -0.3 is 4.90 Å². The number of hydrogen-bond donors (Lipinski definition) is 0. The molecule has 0 aliphatic heterocycles. The Kier molecular flexibility index (Phi) is 3.70. The smallest absolute Gasteiger partial charge is 0.00217 e. The van der Waals surface area contributed by atoms with Gasteiger partial charge in [0.25, 0.3) is 0 Å². The summed E-state index contributed by atoms with van der Waals surface area (Å²) in [5, 5.41) is 5.52. The summed E-state index contributed by atoms with van der Waals surface area (Å²) in [6, 6.07) is 19.8. The Morgan fingerprint density at radius 2 is 1.35 bits per heavy atom. The van der Waals surface area contributed by atoms with E-state index in [1.807, 2.05) is 0 Å². The van der Waals surface area contributed by atoms with Gasteiger partial charge >= 0.3 is 0 Å². The van der Waals surface area contributed by atoms with Gasteiger partial charge in [-0.2, -0.15) is 0 Å². The first-order chi connectivity index (χ1) is 9.75. The van der Waals surface area contributed by atoms with Gasteiger partial charge in [0, 0.05) is 0 Å². The minimum atomic E-state index is 1.14. The van der Waals surface area contributed by atoms with Crippen molar-refractivity contribution >= 4 is 21.5 Å². The number of benzene rings is 3. The maximum Gasteiger partial charge on any atom is -0.00217 e. The van der Waals surface area contributed by atoms with E-state index in [-0.39, 0.29) is 0 Å². The zero-order chi connectivity index (χ0) is 13.9. The van der Waals surface area contributed by atoms with Gasteiger partial charge in [0.2, 0.25) is 0 Å². The van der Waals surface area contributed by atoms with Crippen LogP contribution < -0.4 is 0 Å². The van der Waals surface area contributed by atoms with Crippen molar-refractivity contribution in [2.75, 3.05) is 20.6 Å². The number of fused-ring (bicyclic) bond motifs is 2. The lowest BCUT2D eigenvalue weighted by atomic mass is 9.94. The van der Waals surface area contributed by atoms with Crippen molar-refractivity contribution < 1.29 is 0 Å². The fraction of sp³-hybridized carbons (Fsp3) is 0.263. The third-order valence-corrected chi connectivity index (χ3v) is 3.91. The Hall–Kier alpha value is -1.86. The molecular formula is C19H21N. The van der Waals surface area contributed by atoms with Gasteiger partial charge in [-0.3, -0.25) is 0 Å². The van der Waals surface area contributed by atoms with Crippen molar-refractivity contribution in [3.63, 3.8) is 0 Å². The molecule has 0 saturated carbocycles. The van der Waals surface area contributed by atoms with Gasteiger partial charge in [-0.15, -0.1) is 0 Å². The van der Waals surface area contributed by atoms with E-state index in [2.05, 4.69) is 73.6 Å². The summed E-state index contributed by atoms with van der Waals surface area (Å²) < 4.78 is 0. The lowest BCUT2D eigenvalue weighted by molar-refractivity contribution is 0.401. The van der Waals surface area contributed by atoms with Crippen LogP contribution in [0.25, 0.3) is 21.5 Å². The first-order valence-corrected chi connectivity index (χ1v) is 7.30. The molecule has 1 nitrogen and oxygen atoms in total. The lowest BCUT2D eigenvalue weighted by Gasteiger charge is -2.13. The predicted molar refractivity (Wildman–Crippen MR) is 88.3 cm³/mol. The summed E-state index contributed by atoms with van der Waals surface area (Å²) in [6.45, 7) is 1.14. The standard InChI is InChI=1S/C19H21N/c1-20(2)13-7-12-19-17-10-5-3-8-15(17)14-16-9-4-6-11-18(16)19/h3-6,8-11,14H,7,12-13H2,1-2H3. The molecule has 0 spiro atoms. The average Bonchev–Trinajstić information content (AvgIpc) is 2.46. The molecule has 0 saturated heterocycles. The zero-order valence-electron chi connectivity index (χ0n) is 12.3. The summed E-state index contributed by atoms with van der Waals surface area (Å²) in [6.07, 6.45) is 2.34.